The van der Waals surface area contributed by atoms with Crippen LogP contribution in [0.4, 0.5) is 0 Å². The van der Waals surface area contributed by atoms with Crippen LogP contribution in [0.1, 0.15) is 54.5 Å². The smallest absolute Gasteiger partial charge is 0.255 e. The number of aryl methyl sites for hydroxylation is 4. The molecular formula is C25H32N4O2. The van der Waals surface area contributed by atoms with Crippen molar-refractivity contribution in [3.05, 3.63) is 57.0 Å². The van der Waals surface area contributed by atoms with Gasteiger partial charge in [0.05, 0.1) is 11.4 Å². The number of aromatic nitrogens is 3. The Morgan fingerprint density at radius 3 is 2.29 bits per heavy atom. The third-order valence-electron chi connectivity index (χ3n) is 6.57. The van der Waals surface area contributed by atoms with Crippen LogP contribution < -0.4 is 5.56 Å². The summed E-state index contributed by atoms with van der Waals surface area (Å²) in [6, 6.07) is 8.14. The molecule has 1 aliphatic rings. The highest BCUT2D eigenvalue weighted by molar-refractivity contribution is 5.85. The van der Waals surface area contributed by atoms with Gasteiger partial charge in [-0.15, -0.1) is 0 Å². The summed E-state index contributed by atoms with van der Waals surface area (Å²) < 4.78 is 3.54. The summed E-state index contributed by atoms with van der Waals surface area (Å²) in [6.07, 6.45) is 5.41. The van der Waals surface area contributed by atoms with Crippen LogP contribution in [0.2, 0.25) is 0 Å². The molecule has 0 unspecified atom stereocenters. The summed E-state index contributed by atoms with van der Waals surface area (Å²) in [5.74, 6) is 0.163. The first-order valence-electron chi connectivity index (χ1n) is 11.3. The van der Waals surface area contributed by atoms with Crippen LogP contribution in [-0.2, 0) is 18.3 Å². The van der Waals surface area contributed by atoms with Crippen LogP contribution in [-0.4, -0.2) is 38.2 Å². The van der Waals surface area contributed by atoms with Crippen molar-refractivity contribution >= 4 is 16.9 Å². The Hall–Kier alpha value is -2.89. The third kappa shape index (κ3) is 4.03. The fourth-order valence-corrected chi connectivity index (χ4v) is 4.74. The maximum atomic E-state index is 13.3. The molecule has 6 heteroatoms. The Morgan fingerprint density at radius 2 is 1.65 bits per heavy atom. The molecule has 3 heterocycles. The Morgan fingerprint density at radius 1 is 1.00 bits per heavy atom. The molecule has 1 fully saturated rings. The molecule has 3 aromatic rings. The molecule has 0 aliphatic carbocycles. The third-order valence-corrected chi connectivity index (χ3v) is 6.57. The number of rotatable bonds is 4. The van der Waals surface area contributed by atoms with Crippen molar-refractivity contribution in [3.8, 4) is 5.69 Å². The first-order chi connectivity index (χ1) is 14.9. The minimum Gasteiger partial charge on any atom is -0.343 e. The molecular weight excluding hydrogens is 388 g/mol. The number of hydrogen-bond acceptors (Lipinski definition) is 3. The van der Waals surface area contributed by atoms with E-state index in [-0.39, 0.29) is 11.5 Å². The molecule has 2 aromatic heterocycles. The molecule has 1 amide bonds. The number of carbonyl (C=O) groups is 1. The van der Waals surface area contributed by atoms with Gasteiger partial charge in [0.25, 0.3) is 5.56 Å². The van der Waals surface area contributed by atoms with Crippen LogP contribution in [0.25, 0.3) is 16.7 Å². The Bertz CT molecular complexity index is 1160. The van der Waals surface area contributed by atoms with E-state index >= 15 is 0 Å². The molecule has 31 heavy (non-hydrogen) atoms. The van der Waals surface area contributed by atoms with Gasteiger partial charge in [-0.1, -0.05) is 30.5 Å². The van der Waals surface area contributed by atoms with Gasteiger partial charge in [-0.3, -0.25) is 14.2 Å². The highest BCUT2D eigenvalue weighted by Gasteiger charge is 2.21. The van der Waals surface area contributed by atoms with E-state index in [0.29, 0.717) is 12.8 Å². The monoisotopic (exact) mass is 420 g/mol. The number of hydrogen-bond donors (Lipinski definition) is 0. The van der Waals surface area contributed by atoms with Gasteiger partial charge < -0.3 is 4.90 Å². The normalized spacial score (nSPS) is 14.8. The first-order valence-corrected chi connectivity index (χ1v) is 11.3. The Balaban J connectivity index is 1.69. The van der Waals surface area contributed by atoms with Gasteiger partial charge >= 0.3 is 0 Å². The van der Waals surface area contributed by atoms with Crippen LogP contribution in [0.15, 0.2) is 29.1 Å². The van der Waals surface area contributed by atoms with Crippen molar-refractivity contribution in [2.24, 2.45) is 7.05 Å². The second-order valence-corrected chi connectivity index (χ2v) is 8.79. The van der Waals surface area contributed by atoms with E-state index in [1.165, 1.54) is 18.4 Å². The second kappa shape index (κ2) is 8.69. The van der Waals surface area contributed by atoms with Crippen molar-refractivity contribution in [1.29, 1.82) is 0 Å². The molecule has 0 N–H and O–H groups in total. The van der Waals surface area contributed by atoms with E-state index in [1.54, 1.807) is 11.6 Å². The van der Waals surface area contributed by atoms with E-state index in [9.17, 15) is 9.59 Å². The number of pyridine rings is 1. The zero-order valence-electron chi connectivity index (χ0n) is 19.1. The molecule has 0 radical (unpaired) electrons. The average molecular weight is 421 g/mol. The molecule has 0 bridgehead atoms. The fourth-order valence-electron chi connectivity index (χ4n) is 4.74. The van der Waals surface area contributed by atoms with Gasteiger partial charge in [0.1, 0.15) is 5.65 Å². The molecule has 0 spiro atoms. The van der Waals surface area contributed by atoms with Crippen LogP contribution in [0.3, 0.4) is 0 Å². The van der Waals surface area contributed by atoms with E-state index in [4.69, 9.17) is 5.10 Å². The van der Waals surface area contributed by atoms with Crippen molar-refractivity contribution in [3.63, 3.8) is 0 Å². The minimum absolute atomic E-state index is 0.0399. The van der Waals surface area contributed by atoms with Gasteiger partial charge in [-0.2, -0.15) is 5.10 Å². The number of likely N-dealkylation sites (tertiary alicyclic amines) is 1. The topological polar surface area (TPSA) is 60.1 Å². The number of carbonyl (C=O) groups excluding carboxylic acids is 1. The zero-order valence-corrected chi connectivity index (χ0v) is 19.1. The molecule has 6 nitrogen and oxygen atoms in total. The maximum Gasteiger partial charge on any atom is 0.255 e. The number of amides is 1. The van der Waals surface area contributed by atoms with Gasteiger partial charge in [-0.25, -0.2) is 4.68 Å². The fraction of sp³-hybridized carbons (Fsp3) is 0.480. The predicted molar refractivity (Wildman–Crippen MR) is 124 cm³/mol. The molecule has 1 aliphatic heterocycles. The molecule has 164 valence electrons. The quantitative estimate of drug-likeness (QED) is 0.641. The summed E-state index contributed by atoms with van der Waals surface area (Å²) in [6.45, 7) is 7.71. The van der Waals surface area contributed by atoms with Crippen molar-refractivity contribution in [2.75, 3.05) is 13.1 Å². The summed E-state index contributed by atoms with van der Waals surface area (Å²) in [5.41, 5.74) is 5.43. The van der Waals surface area contributed by atoms with E-state index < -0.39 is 0 Å². The van der Waals surface area contributed by atoms with Crippen molar-refractivity contribution in [2.45, 2.75) is 59.3 Å². The number of fused-ring (bicyclic) bond motifs is 1. The Kier molecular flexibility index (Phi) is 5.99. The van der Waals surface area contributed by atoms with Crippen LogP contribution >= 0.6 is 0 Å². The lowest BCUT2D eigenvalue weighted by molar-refractivity contribution is -0.131. The highest BCUT2D eigenvalue weighted by Crippen LogP contribution is 2.26. The van der Waals surface area contributed by atoms with Gasteiger partial charge in [-0.05, 0) is 57.7 Å². The summed E-state index contributed by atoms with van der Waals surface area (Å²) in [4.78, 5) is 28.0. The first kappa shape index (κ1) is 21.3. The lowest BCUT2D eigenvalue weighted by Gasteiger charge is -2.20. The molecule has 1 aromatic carbocycles. The molecule has 0 saturated carbocycles. The van der Waals surface area contributed by atoms with Crippen molar-refractivity contribution in [1.82, 2.24) is 19.2 Å². The lowest BCUT2D eigenvalue weighted by Crippen LogP contribution is -2.33. The minimum atomic E-state index is -0.0399. The molecule has 0 atom stereocenters. The molecule has 1 saturated heterocycles. The lowest BCUT2D eigenvalue weighted by atomic mass is 10.0. The largest absolute Gasteiger partial charge is 0.343 e. The second-order valence-electron chi connectivity index (χ2n) is 8.79. The summed E-state index contributed by atoms with van der Waals surface area (Å²) in [5, 5.41) is 5.75. The number of benzene rings is 1. The standard InChI is InChI=1S/C25H32N4O2/c1-17-9-11-20(12-10-17)29-24-23(19(3)26-29)18(2)21(25(31)27(24)4)13-14-22(30)28-15-7-5-6-8-16-28/h9-12H,5-8,13-16H2,1-4H3. The average Bonchev–Trinajstić information content (AvgIpc) is 2.92. The van der Waals surface area contributed by atoms with Crippen LogP contribution in [0.5, 0.6) is 0 Å². The maximum absolute atomic E-state index is 13.3. The van der Waals surface area contributed by atoms with Crippen molar-refractivity contribution < 1.29 is 4.79 Å². The van der Waals surface area contributed by atoms with E-state index in [1.807, 2.05) is 47.7 Å². The highest BCUT2D eigenvalue weighted by atomic mass is 16.2. The van der Waals surface area contributed by atoms with Gasteiger partial charge in [0.2, 0.25) is 5.91 Å². The summed E-state index contributed by atoms with van der Waals surface area (Å²) in [7, 11) is 1.80. The predicted octanol–water partition coefficient (Wildman–Crippen LogP) is 3.98. The van der Waals surface area contributed by atoms with E-state index in [2.05, 4.69) is 6.92 Å². The van der Waals surface area contributed by atoms with Crippen LogP contribution in [0, 0.1) is 20.8 Å². The van der Waals surface area contributed by atoms with Gasteiger partial charge in [0, 0.05) is 37.5 Å². The molecule has 4 rings (SSSR count). The zero-order chi connectivity index (χ0) is 22.1. The Labute approximate surface area is 183 Å². The number of nitrogens with zero attached hydrogens (tertiary/aromatic N) is 4. The summed E-state index contributed by atoms with van der Waals surface area (Å²) >= 11 is 0. The SMILES string of the molecule is Cc1ccc(-n2nc(C)c3c(C)c(CCC(=O)N4CCCCCC4)c(=O)n(C)c32)cc1. The van der Waals surface area contributed by atoms with E-state index in [0.717, 1.165) is 59.5 Å². The van der Waals surface area contributed by atoms with Gasteiger partial charge in [0.15, 0.2) is 0 Å².